The number of hydrogen-bond acceptors (Lipinski definition) is 7. The van der Waals surface area contributed by atoms with Crippen molar-refractivity contribution < 1.29 is 23.9 Å². The van der Waals surface area contributed by atoms with Crippen LogP contribution in [0.1, 0.15) is 19.8 Å². The van der Waals surface area contributed by atoms with Crippen LogP contribution < -0.4 is 0 Å². The van der Waals surface area contributed by atoms with E-state index in [0.717, 1.165) is 29.9 Å². The van der Waals surface area contributed by atoms with E-state index in [1.807, 2.05) is 6.92 Å². The number of thioether (sulfide) groups is 2. The molecule has 0 aromatic heterocycles. The highest BCUT2D eigenvalue weighted by Crippen LogP contribution is 2.51. The standard InChI is InChI=1S/C12H10O5S2/c1-2-3-4-17-10(14)7-9-8(18-12(7)16)6(5-13)11(15)19-9/h5H,2-4H2,1H3. The summed E-state index contributed by atoms with van der Waals surface area (Å²) in [4.78, 5) is 46.5. The Morgan fingerprint density at radius 1 is 1.21 bits per heavy atom. The molecule has 0 aromatic rings. The van der Waals surface area contributed by atoms with Crippen LogP contribution in [-0.4, -0.2) is 29.1 Å². The zero-order valence-corrected chi connectivity index (χ0v) is 11.7. The van der Waals surface area contributed by atoms with Gasteiger partial charge in [0.05, 0.1) is 12.2 Å². The highest BCUT2D eigenvalue weighted by molar-refractivity contribution is 8.24. The summed E-state index contributed by atoms with van der Waals surface area (Å²) in [5, 5.41) is -0.898. The van der Waals surface area contributed by atoms with Gasteiger partial charge in [-0.05, 0) is 29.9 Å². The van der Waals surface area contributed by atoms with Gasteiger partial charge in [-0.2, -0.15) is 0 Å². The predicted molar refractivity (Wildman–Crippen MR) is 71.2 cm³/mol. The highest BCUT2D eigenvalue weighted by atomic mass is 32.2. The number of carbonyl (C=O) groups excluding carboxylic acids is 4. The molecule has 0 fully saturated rings. The maximum atomic E-state index is 11.8. The second-order valence-electron chi connectivity index (χ2n) is 3.83. The zero-order valence-electron chi connectivity index (χ0n) is 10.1. The molecule has 0 aromatic carbocycles. The lowest BCUT2D eigenvalue weighted by Crippen LogP contribution is -2.13. The van der Waals surface area contributed by atoms with Crippen LogP contribution in [0.5, 0.6) is 0 Å². The summed E-state index contributed by atoms with van der Waals surface area (Å²) >= 11 is 1.48. The number of aldehydes is 1. The van der Waals surface area contributed by atoms with Crippen molar-refractivity contribution in [3.63, 3.8) is 0 Å². The number of fused-ring (bicyclic) bond motifs is 1. The van der Waals surface area contributed by atoms with Crippen LogP contribution in [-0.2, 0) is 23.9 Å². The number of unbranched alkanes of at least 4 members (excludes halogenated alkanes) is 1. The fourth-order valence-corrected chi connectivity index (χ4v) is 3.79. The SMILES string of the molecule is CCCCOC(=O)C1=C2SC(=O)C(C=O)=C2SC1=O. The lowest BCUT2D eigenvalue weighted by Gasteiger charge is -2.03. The second-order valence-corrected chi connectivity index (χ2v) is 5.80. The summed E-state index contributed by atoms with van der Waals surface area (Å²) in [5.41, 5.74) is -0.166. The van der Waals surface area contributed by atoms with Gasteiger partial charge in [0.2, 0.25) is 10.2 Å². The molecule has 2 heterocycles. The molecule has 0 atom stereocenters. The summed E-state index contributed by atoms with van der Waals surface area (Å²) in [6.07, 6.45) is 2.00. The zero-order chi connectivity index (χ0) is 14.0. The molecule has 0 saturated heterocycles. The Labute approximate surface area is 117 Å². The number of esters is 1. The van der Waals surface area contributed by atoms with Gasteiger partial charge in [-0.1, -0.05) is 13.3 Å². The number of ether oxygens (including phenoxy) is 1. The largest absolute Gasteiger partial charge is 0.462 e. The van der Waals surface area contributed by atoms with Gasteiger partial charge in [-0.25, -0.2) is 4.79 Å². The lowest BCUT2D eigenvalue weighted by atomic mass is 10.2. The topological polar surface area (TPSA) is 77.5 Å². The molecule has 2 aliphatic rings. The molecule has 0 unspecified atom stereocenters. The van der Waals surface area contributed by atoms with Crippen LogP contribution in [0, 0.1) is 0 Å². The minimum absolute atomic E-state index is 0.0466. The first-order chi connectivity index (χ1) is 9.10. The molecular formula is C12H10O5S2. The van der Waals surface area contributed by atoms with Crippen LogP contribution in [0.15, 0.2) is 21.0 Å². The van der Waals surface area contributed by atoms with E-state index < -0.39 is 16.2 Å². The van der Waals surface area contributed by atoms with Gasteiger partial charge in [0.25, 0.3) is 0 Å². The predicted octanol–water partition coefficient (Wildman–Crippen LogP) is 1.58. The first-order valence-corrected chi connectivity index (χ1v) is 7.29. The Kier molecular flexibility index (Phi) is 4.26. The second kappa shape index (κ2) is 5.75. The molecule has 0 radical (unpaired) electrons. The molecule has 0 spiro atoms. The molecule has 19 heavy (non-hydrogen) atoms. The van der Waals surface area contributed by atoms with Crippen molar-refractivity contribution in [2.75, 3.05) is 6.61 Å². The van der Waals surface area contributed by atoms with E-state index in [2.05, 4.69) is 0 Å². The Morgan fingerprint density at radius 2 is 1.89 bits per heavy atom. The van der Waals surface area contributed by atoms with E-state index in [1.165, 1.54) is 0 Å². The summed E-state index contributed by atoms with van der Waals surface area (Å²) in [7, 11) is 0. The van der Waals surface area contributed by atoms with Crippen LogP contribution in [0.2, 0.25) is 0 Å². The molecule has 0 amide bonds. The molecule has 7 heteroatoms. The highest BCUT2D eigenvalue weighted by Gasteiger charge is 2.42. The molecule has 0 N–H and O–H groups in total. The monoisotopic (exact) mass is 298 g/mol. The third-order valence-corrected chi connectivity index (χ3v) is 4.71. The van der Waals surface area contributed by atoms with E-state index in [1.54, 1.807) is 0 Å². The number of carbonyl (C=O) groups is 4. The molecule has 0 aliphatic carbocycles. The van der Waals surface area contributed by atoms with Crippen molar-refractivity contribution in [3.05, 3.63) is 21.0 Å². The smallest absolute Gasteiger partial charge is 0.343 e. The Balaban J connectivity index is 2.27. The minimum Gasteiger partial charge on any atom is -0.462 e. The third kappa shape index (κ3) is 2.52. The molecule has 2 rings (SSSR count). The van der Waals surface area contributed by atoms with Crippen LogP contribution >= 0.6 is 23.5 Å². The summed E-state index contributed by atoms with van der Waals surface area (Å²) in [5.74, 6) is -0.719. The van der Waals surface area contributed by atoms with Gasteiger partial charge in [-0.15, -0.1) is 0 Å². The first kappa shape index (κ1) is 14.1. The molecular weight excluding hydrogens is 288 g/mol. The average Bonchev–Trinajstić information content (AvgIpc) is 2.82. The number of rotatable bonds is 5. The van der Waals surface area contributed by atoms with Crippen molar-refractivity contribution >= 4 is 46.0 Å². The van der Waals surface area contributed by atoms with E-state index in [4.69, 9.17) is 4.74 Å². The first-order valence-electron chi connectivity index (χ1n) is 5.65. The quantitative estimate of drug-likeness (QED) is 0.330. The maximum absolute atomic E-state index is 11.8. The van der Waals surface area contributed by atoms with Gasteiger partial charge in [0, 0.05) is 9.81 Å². The van der Waals surface area contributed by atoms with E-state index in [9.17, 15) is 19.2 Å². The molecule has 2 aliphatic heterocycles. The van der Waals surface area contributed by atoms with Crippen molar-refractivity contribution in [1.82, 2.24) is 0 Å². The number of hydrogen-bond donors (Lipinski definition) is 0. The molecule has 100 valence electrons. The molecule has 5 nitrogen and oxygen atoms in total. The fourth-order valence-electron chi connectivity index (χ4n) is 1.57. The maximum Gasteiger partial charge on any atom is 0.343 e. The van der Waals surface area contributed by atoms with Crippen molar-refractivity contribution in [1.29, 1.82) is 0 Å². The van der Waals surface area contributed by atoms with Gasteiger partial charge in [0.1, 0.15) is 5.57 Å². The van der Waals surface area contributed by atoms with Gasteiger partial charge in [-0.3, -0.25) is 14.4 Å². The third-order valence-electron chi connectivity index (χ3n) is 2.54. The van der Waals surface area contributed by atoms with E-state index in [-0.39, 0.29) is 27.6 Å². The molecule has 0 bridgehead atoms. The summed E-state index contributed by atoms with van der Waals surface area (Å²) in [6, 6.07) is 0. The average molecular weight is 298 g/mol. The Morgan fingerprint density at radius 3 is 2.53 bits per heavy atom. The summed E-state index contributed by atoms with van der Waals surface area (Å²) < 4.78 is 4.98. The van der Waals surface area contributed by atoms with Crippen molar-refractivity contribution in [2.45, 2.75) is 19.8 Å². The lowest BCUT2D eigenvalue weighted by molar-refractivity contribution is -0.139. The van der Waals surface area contributed by atoms with E-state index >= 15 is 0 Å². The Hall–Kier alpha value is -1.34. The Bertz CT molecular complexity index is 544. The normalized spacial score (nSPS) is 18.2. The minimum atomic E-state index is -0.719. The summed E-state index contributed by atoms with van der Waals surface area (Å²) in [6.45, 7) is 2.19. The fraction of sp³-hybridized carbons (Fsp3) is 0.333. The van der Waals surface area contributed by atoms with Crippen LogP contribution in [0.25, 0.3) is 0 Å². The van der Waals surface area contributed by atoms with Crippen LogP contribution in [0.4, 0.5) is 0 Å². The van der Waals surface area contributed by atoms with Crippen LogP contribution in [0.3, 0.4) is 0 Å². The van der Waals surface area contributed by atoms with Gasteiger partial charge >= 0.3 is 5.97 Å². The van der Waals surface area contributed by atoms with Crippen molar-refractivity contribution in [2.24, 2.45) is 0 Å². The van der Waals surface area contributed by atoms with Gasteiger partial charge in [0.15, 0.2) is 6.29 Å². The van der Waals surface area contributed by atoms with Gasteiger partial charge < -0.3 is 4.74 Å². The van der Waals surface area contributed by atoms with Crippen molar-refractivity contribution in [3.8, 4) is 0 Å². The van der Waals surface area contributed by atoms with E-state index in [0.29, 0.717) is 12.7 Å². The molecule has 0 saturated carbocycles.